The summed E-state index contributed by atoms with van der Waals surface area (Å²) in [5, 5.41) is 8.70. The Hall–Kier alpha value is -1.38. The van der Waals surface area contributed by atoms with Crippen molar-refractivity contribution in [1.82, 2.24) is 0 Å². The van der Waals surface area contributed by atoms with Crippen molar-refractivity contribution in [1.29, 1.82) is 0 Å². The molecule has 82 valence electrons. The van der Waals surface area contributed by atoms with E-state index < -0.39 is 5.97 Å². The first-order chi connectivity index (χ1) is 7.15. The number of allylic oxidation sites excluding steroid dienone is 3. The fraction of sp³-hybridized carbons (Fsp3) is 0.500. The maximum absolute atomic E-state index is 11.5. The van der Waals surface area contributed by atoms with Crippen LogP contribution in [0.15, 0.2) is 24.8 Å². The molecule has 0 amide bonds. The molecule has 0 unspecified atom stereocenters. The van der Waals surface area contributed by atoms with Crippen molar-refractivity contribution in [3.63, 3.8) is 0 Å². The van der Waals surface area contributed by atoms with Crippen molar-refractivity contribution in [2.24, 2.45) is 11.8 Å². The molecule has 0 aromatic carbocycles. The topological polar surface area (TPSA) is 54.4 Å². The van der Waals surface area contributed by atoms with E-state index in [4.69, 9.17) is 5.11 Å². The molecule has 1 aliphatic rings. The monoisotopic (exact) mass is 208 g/mol. The number of hydrogen-bond acceptors (Lipinski definition) is 2. The molecule has 0 bridgehead atoms. The van der Waals surface area contributed by atoms with Crippen molar-refractivity contribution < 1.29 is 14.7 Å². The third-order valence-corrected chi connectivity index (χ3v) is 2.84. The molecule has 1 N–H and O–H groups in total. The minimum Gasteiger partial charge on any atom is -0.481 e. The molecule has 0 saturated heterocycles. The molecule has 15 heavy (non-hydrogen) atoms. The van der Waals surface area contributed by atoms with Gasteiger partial charge in [0.1, 0.15) is 5.78 Å². The van der Waals surface area contributed by atoms with Crippen LogP contribution in [0, 0.1) is 11.8 Å². The Kier molecular flexibility index (Phi) is 4.28. The van der Waals surface area contributed by atoms with Crippen LogP contribution in [0.5, 0.6) is 0 Å². The van der Waals surface area contributed by atoms with E-state index in [0.717, 1.165) is 6.42 Å². The summed E-state index contributed by atoms with van der Waals surface area (Å²) in [5.74, 6) is -0.691. The summed E-state index contributed by atoms with van der Waals surface area (Å²) in [7, 11) is 0. The van der Waals surface area contributed by atoms with Crippen molar-refractivity contribution >= 4 is 11.8 Å². The molecule has 0 heterocycles. The quantitative estimate of drug-likeness (QED) is 0.704. The van der Waals surface area contributed by atoms with Crippen molar-refractivity contribution in [3.8, 4) is 0 Å². The third-order valence-electron chi connectivity index (χ3n) is 2.84. The molecule has 1 saturated carbocycles. The van der Waals surface area contributed by atoms with Crippen LogP contribution in [0.2, 0.25) is 0 Å². The molecule has 1 fully saturated rings. The highest BCUT2D eigenvalue weighted by Crippen LogP contribution is 2.33. The zero-order valence-corrected chi connectivity index (χ0v) is 8.69. The van der Waals surface area contributed by atoms with Gasteiger partial charge in [-0.25, -0.2) is 0 Å². The van der Waals surface area contributed by atoms with Gasteiger partial charge in [0.05, 0.1) is 0 Å². The molecule has 1 aliphatic carbocycles. The van der Waals surface area contributed by atoms with E-state index in [9.17, 15) is 9.59 Å². The fourth-order valence-electron chi connectivity index (χ4n) is 2.09. The van der Waals surface area contributed by atoms with E-state index >= 15 is 0 Å². The number of hydrogen-bond donors (Lipinski definition) is 1. The number of carboxylic acid groups (broad SMARTS) is 1. The highest BCUT2D eigenvalue weighted by molar-refractivity contribution is 5.84. The number of rotatable bonds is 5. The zero-order valence-electron chi connectivity index (χ0n) is 8.69. The van der Waals surface area contributed by atoms with Crippen LogP contribution in [0.4, 0.5) is 0 Å². The molecule has 0 aliphatic heterocycles. The number of aliphatic carboxylic acids is 1. The highest BCUT2D eigenvalue weighted by Gasteiger charge is 2.34. The first kappa shape index (κ1) is 11.7. The van der Waals surface area contributed by atoms with Crippen LogP contribution < -0.4 is 0 Å². The zero-order chi connectivity index (χ0) is 11.3. The fourth-order valence-corrected chi connectivity index (χ4v) is 2.09. The van der Waals surface area contributed by atoms with E-state index in [1.807, 2.05) is 6.08 Å². The maximum Gasteiger partial charge on any atom is 0.303 e. The first-order valence-corrected chi connectivity index (χ1v) is 5.17. The third kappa shape index (κ3) is 3.35. The Balaban J connectivity index is 2.56. The Morgan fingerprint density at radius 2 is 2.33 bits per heavy atom. The van der Waals surface area contributed by atoms with Crippen molar-refractivity contribution in [2.45, 2.75) is 25.7 Å². The van der Waals surface area contributed by atoms with Gasteiger partial charge in [-0.2, -0.15) is 0 Å². The standard InChI is InChI=1S/C12H16O3/c1-2-3-4-5-10-9(8-12(14)15)6-7-11(10)13/h2-4,9-10H,1,5-8H2,(H,14,15)/b4-3-/t9-,10-/m1/s1. The first-order valence-electron chi connectivity index (χ1n) is 5.17. The van der Waals surface area contributed by atoms with E-state index in [-0.39, 0.29) is 24.0 Å². The van der Waals surface area contributed by atoms with E-state index in [0.29, 0.717) is 12.8 Å². The average Bonchev–Trinajstić information content (AvgIpc) is 2.49. The summed E-state index contributed by atoms with van der Waals surface area (Å²) in [6, 6.07) is 0. The van der Waals surface area contributed by atoms with Gasteiger partial charge >= 0.3 is 5.97 Å². The summed E-state index contributed by atoms with van der Waals surface area (Å²) < 4.78 is 0. The largest absolute Gasteiger partial charge is 0.481 e. The molecule has 3 heteroatoms. The summed E-state index contributed by atoms with van der Waals surface area (Å²) in [5.41, 5.74) is 0. The lowest BCUT2D eigenvalue weighted by Gasteiger charge is -2.14. The Bertz CT molecular complexity index is 291. The van der Waals surface area contributed by atoms with Gasteiger partial charge in [0.2, 0.25) is 0 Å². The normalized spacial score (nSPS) is 26.0. The van der Waals surface area contributed by atoms with Crippen molar-refractivity contribution in [2.75, 3.05) is 0 Å². The summed E-state index contributed by atoms with van der Waals surface area (Å²) in [6.07, 6.45) is 7.34. The van der Waals surface area contributed by atoms with Crippen LogP contribution in [0.1, 0.15) is 25.7 Å². The van der Waals surface area contributed by atoms with Gasteiger partial charge in [0.15, 0.2) is 0 Å². The summed E-state index contributed by atoms with van der Waals surface area (Å²) >= 11 is 0. The molecule has 0 radical (unpaired) electrons. The van der Waals surface area contributed by atoms with E-state index in [1.54, 1.807) is 12.2 Å². The smallest absolute Gasteiger partial charge is 0.303 e. The second kappa shape index (κ2) is 5.49. The van der Waals surface area contributed by atoms with Crippen LogP contribution in [-0.4, -0.2) is 16.9 Å². The van der Waals surface area contributed by atoms with Gasteiger partial charge in [0.25, 0.3) is 0 Å². The number of carbonyl (C=O) groups excluding carboxylic acids is 1. The molecule has 0 aromatic rings. The second-order valence-corrected chi connectivity index (χ2v) is 3.87. The molecule has 0 spiro atoms. The Morgan fingerprint density at radius 3 is 2.93 bits per heavy atom. The molecular weight excluding hydrogens is 192 g/mol. The van der Waals surface area contributed by atoms with Gasteiger partial charge < -0.3 is 5.11 Å². The molecule has 1 rings (SSSR count). The van der Waals surface area contributed by atoms with E-state index in [1.165, 1.54) is 0 Å². The number of carboxylic acids is 1. The number of carbonyl (C=O) groups is 2. The maximum atomic E-state index is 11.5. The predicted molar refractivity (Wildman–Crippen MR) is 57.4 cm³/mol. The highest BCUT2D eigenvalue weighted by atomic mass is 16.4. The van der Waals surface area contributed by atoms with Gasteiger partial charge in [0, 0.05) is 18.8 Å². The van der Waals surface area contributed by atoms with Crippen LogP contribution in [-0.2, 0) is 9.59 Å². The average molecular weight is 208 g/mol. The Labute approximate surface area is 89.5 Å². The van der Waals surface area contributed by atoms with Gasteiger partial charge in [-0.3, -0.25) is 9.59 Å². The minimum atomic E-state index is -0.813. The van der Waals surface area contributed by atoms with Gasteiger partial charge in [-0.05, 0) is 18.8 Å². The molecule has 0 aromatic heterocycles. The Morgan fingerprint density at radius 1 is 1.60 bits per heavy atom. The molecule has 2 atom stereocenters. The lowest BCUT2D eigenvalue weighted by molar-refractivity contribution is -0.138. The molecule has 3 nitrogen and oxygen atoms in total. The SMILES string of the molecule is C=C/C=C\C[C@H]1C(=O)CC[C@@H]1CC(=O)O. The number of ketones is 1. The van der Waals surface area contributed by atoms with Crippen molar-refractivity contribution in [3.05, 3.63) is 24.8 Å². The van der Waals surface area contributed by atoms with Gasteiger partial charge in [-0.1, -0.05) is 24.8 Å². The second-order valence-electron chi connectivity index (χ2n) is 3.87. The summed E-state index contributed by atoms with van der Waals surface area (Å²) in [4.78, 5) is 22.1. The lowest BCUT2D eigenvalue weighted by Crippen LogP contribution is -2.17. The molecular formula is C12H16O3. The minimum absolute atomic E-state index is 0.0180. The van der Waals surface area contributed by atoms with Crippen LogP contribution in [0.3, 0.4) is 0 Å². The summed E-state index contributed by atoms with van der Waals surface area (Å²) in [6.45, 7) is 3.55. The van der Waals surface area contributed by atoms with Crippen LogP contribution >= 0.6 is 0 Å². The number of Topliss-reactive ketones (excluding diaryl/α,β-unsaturated/α-hetero) is 1. The lowest BCUT2D eigenvalue weighted by atomic mass is 9.89. The van der Waals surface area contributed by atoms with Gasteiger partial charge in [-0.15, -0.1) is 0 Å². The van der Waals surface area contributed by atoms with E-state index in [2.05, 4.69) is 6.58 Å². The van der Waals surface area contributed by atoms with Crippen LogP contribution in [0.25, 0.3) is 0 Å². The predicted octanol–water partition coefficient (Wildman–Crippen LogP) is 2.19.